The van der Waals surface area contributed by atoms with E-state index in [9.17, 15) is 10.1 Å². The predicted octanol–water partition coefficient (Wildman–Crippen LogP) is 1.33. The van der Waals surface area contributed by atoms with Crippen molar-refractivity contribution in [2.45, 2.75) is 6.92 Å². The summed E-state index contributed by atoms with van der Waals surface area (Å²) in [6.45, 7) is 3.28. The van der Waals surface area contributed by atoms with Crippen molar-refractivity contribution in [2.24, 2.45) is 5.92 Å². The van der Waals surface area contributed by atoms with E-state index in [-0.39, 0.29) is 23.1 Å². The number of rotatable bonds is 3. The summed E-state index contributed by atoms with van der Waals surface area (Å²) in [6, 6.07) is 5.33. The standard InChI is InChI=1S/C11H14N2O3/c1-8-3-2-4-10(11(8)13(15)16)12-5-9(6-12)7-14/h2-4,9,14H,5-7H2,1H3. The van der Waals surface area contributed by atoms with Crippen LogP contribution in [0.25, 0.3) is 0 Å². The number of nitro benzene ring substituents is 1. The maximum absolute atomic E-state index is 11.0. The van der Waals surface area contributed by atoms with E-state index in [0.717, 1.165) is 0 Å². The Kier molecular flexibility index (Phi) is 2.78. The highest BCUT2D eigenvalue weighted by Gasteiger charge is 2.31. The first-order chi connectivity index (χ1) is 7.63. The van der Waals surface area contributed by atoms with E-state index in [2.05, 4.69) is 0 Å². The lowest BCUT2D eigenvalue weighted by Gasteiger charge is -2.39. The molecule has 1 saturated heterocycles. The van der Waals surface area contributed by atoms with Crippen molar-refractivity contribution >= 4 is 11.4 Å². The molecule has 0 unspecified atom stereocenters. The van der Waals surface area contributed by atoms with E-state index < -0.39 is 0 Å². The fourth-order valence-electron chi connectivity index (χ4n) is 2.02. The zero-order valence-electron chi connectivity index (χ0n) is 9.09. The first-order valence-electron chi connectivity index (χ1n) is 5.23. The summed E-state index contributed by atoms with van der Waals surface area (Å²) in [4.78, 5) is 12.6. The minimum absolute atomic E-state index is 0.149. The van der Waals surface area contributed by atoms with E-state index in [0.29, 0.717) is 24.3 Å². The van der Waals surface area contributed by atoms with Crippen LogP contribution >= 0.6 is 0 Å². The van der Waals surface area contributed by atoms with Gasteiger partial charge in [-0.2, -0.15) is 0 Å². The lowest BCUT2D eigenvalue weighted by atomic mass is 9.99. The van der Waals surface area contributed by atoms with Crippen LogP contribution in [-0.4, -0.2) is 29.7 Å². The average Bonchev–Trinajstić information content (AvgIpc) is 2.15. The van der Waals surface area contributed by atoms with Gasteiger partial charge in [-0.05, 0) is 13.0 Å². The van der Waals surface area contributed by atoms with Gasteiger partial charge >= 0.3 is 0 Å². The van der Waals surface area contributed by atoms with Gasteiger partial charge in [0.15, 0.2) is 0 Å². The van der Waals surface area contributed by atoms with Gasteiger partial charge < -0.3 is 10.0 Å². The van der Waals surface area contributed by atoms with Gasteiger partial charge in [-0.1, -0.05) is 12.1 Å². The second-order valence-electron chi connectivity index (χ2n) is 4.15. The van der Waals surface area contributed by atoms with Crippen LogP contribution in [0.5, 0.6) is 0 Å². The van der Waals surface area contributed by atoms with E-state index in [1.54, 1.807) is 19.1 Å². The highest BCUT2D eigenvalue weighted by Crippen LogP contribution is 2.35. The molecule has 0 spiro atoms. The number of aliphatic hydroxyl groups is 1. The van der Waals surface area contributed by atoms with E-state index in [1.807, 2.05) is 11.0 Å². The molecule has 5 nitrogen and oxygen atoms in total. The number of aliphatic hydroxyl groups excluding tert-OH is 1. The highest BCUT2D eigenvalue weighted by molar-refractivity contribution is 5.67. The van der Waals surface area contributed by atoms with Gasteiger partial charge in [0.25, 0.3) is 5.69 Å². The first-order valence-corrected chi connectivity index (χ1v) is 5.23. The second kappa shape index (κ2) is 4.09. The lowest BCUT2D eigenvalue weighted by Crippen LogP contribution is -2.48. The second-order valence-corrected chi connectivity index (χ2v) is 4.15. The number of benzene rings is 1. The summed E-state index contributed by atoms with van der Waals surface area (Å²) in [7, 11) is 0. The molecule has 1 N–H and O–H groups in total. The molecule has 5 heteroatoms. The number of anilines is 1. The Morgan fingerprint density at radius 2 is 2.25 bits per heavy atom. The summed E-state index contributed by atoms with van der Waals surface area (Å²) in [6.07, 6.45) is 0. The van der Waals surface area contributed by atoms with Crippen LogP contribution in [0.1, 0.15) is 5.56 Å². The smallest absolute Gasteiger partial charge is 0.295 e. The van der Waals surface area contributed by atoms with Crippen LogP contribution in [0.3, 0.4) is 0 Å². The van der Waals surface area contributed by atoms with E-state index in [1.165, 1.54) is 0 Å². The maximum atomic E-state index is 11.0. The molecule has 0 saturated carbocycles. The van der Waals surface area contributed by atoms with Crippen molar-refractivity contribution in [3.63, 3.8) is 0 Å². The first kappa shape index (κ1) is 10.9. The SMILES string of the molecule is Cc1cccc(N2CC(CO)C2)c1[N+](=O)[O-]. The average molecular weight is 222 g/mol. The number of nitrogens with zero attached hydrogens (tertiary/aromatic N) is 2. The molecule has 16 heavy (non-hydrogen) atoms. The number of hydrogen-bond acceptors (Lipinski definition) is 4. The highest BCUT2D eigenvalue weighted by atomic mass is 16.6. The third-order valence-corrected chi connectivity index (χ3v) is 2.96. The van der Waals surface area contributed by atoms with Crippen LogP contribution in [0.15, 0.2) is 18.2 Å². The van der Waals surface area contributed by atoms with Gasteiger partial charge in [-0.25, -0.2) is 0 Å². The van der Waals surface area contributed by atoms with Gasteiger partial charge in [0.2, 0.25) is 0 Å². The van der Waals surface area contributed by atoms with Crippen LogP contribution in [-0.2, 0) is 0 Å². The Hall–Kier alpha value is -1.62. The van der Waals surface area contributed by atoms with Crippen molar-refractivity contribution in [1.29, 1.82) is 0 Å². The van der Waals surface area contributed by atoms with Crippen molar-refractivity contribution < 1.29 is 10.0 Å². The number of para-hydroxylation sites is 1. The number of aryl methyl sites for hydroxylation is 1. The molecule has 0 aliphatic carbocycles. The molecule has 1 heterocycles. The molecule has 0 radical (unpaired) electrons. The summed E-state index contributed by atoms with van der Waals surface area (Å²) in [5, 5.41) is 19.9. The van der Waals surface area contributed by atoms with Crippen molar-refractivity contribution in [2.75, 3.05) is 24.6 Å². The fraction of sp³-hybridized carbons (Fsp3) is 0.455. The van der Waals surface area contributed by atoms with Crippen LogP contribution in [0, 0.1) is 23.0 Å². The molecule has 0 aromatic heterocycles. The predicted molar refractivity (Wildman–Crippen MR) is 60.6 cm³/mol. The minimum atomic E-state index is -0.336. The molecular formula is C11H14N2O3. The Labute approximate surface area is 93.5 Å². The molecule has 1 aliphatic heterocycles. The molecule has 1 aromatic rings. The van der Waals surface area contributed by atoms with Crippen LogP contribution in [0.4, 0.5) is 11.4 Å². The minimum Gasteiger partial charge on any atom is -0.396 e. The quantitative estimate of drug-likeness (QED) is 0.619. The molecular weight excluding hydrogens is 208 g/mol. The van der Waals surface area contributed by atoms with E-state index in [4.69, 9.17) is 5.11 Å². The van der Waals surface area contributed by atoms with Crippen LogP contribution < -0.4 is 4.90 Å². The number of hydrogen-bond donors (Lipinski definition) is 1. The normalized spacial score (nSPS) is 16.0. The summed E-state index contributed by atoms with van der Waals surface area (Å²) < 4.78 is 0. The molecule has 0 atom stereocenters. The lowest BCUT2D eigenvalue weighted by molar-refractivity contribution is -0.384. The van der Waals surface area contributed by atoms with Gasteiger partial charge in [-0.15, -0.1) is 0 Å². The van der Waals surface area contributed by atoms with Gasteiger partial charge in [0.1, 0.15) is 5.69 Å². The monoisotopic (exact) mass is 222 g/mol. The Balaban J connectivity index is 2.28. The van der Waals surface area contributed by atoms with Crippen molar-refractivity contribution in [3.05, 3.63) is 33.9 Å². The van der Waals surface area contributed by atoms with Gasteiger partial charge in [0.05, 0.1) is 4.92 Å². The molecule has 0 bridgehead atoms. The molecule has 1 aromatic carbocycles. The summed E-state index contributed by atoms with van der Waals surface area (Å²) in [5.74, 6) is 0.250. The van der Waals surface area contributed by atoms with Gasteiger partial charge in [0, 0.05) is 31.2 Å². The maximum Gasteiger partial charge on any atom is 0.295 e. The topological polar surface area (TPSA) is 66.6 Å². The van der Waals surface area contributed by atoms with E-state index >= 15 is 0 Å². The third kappa shape index (κ3) is 1.74. The summed E-state index contributed by atoms with van der Waals surface area (Å²) >= 11 is 0. The Morgan fingerprint density at radius 1 is 1.56 bits per heavy atom. The van der Waals surface area contributed by atoms with Gasteiger partial charge in [-0.3, -0.25) is 10.1 Å². The van der Waals surface area contributed by atoms with Crippen LogP contribution in [0.2, 0.25) is 0 Å². The Bertz CT molecular complexity index is 414. The van der Waals surface area contributed by atoms with Crippen molar-refractivity contribution in [3.8, 4) is 0 Å². The molecule has 0 amide bonds. The number of nitro groups is 1. The molecule has 1 fully saturated rings. The largest absolute Gasteiger partial charge is 0.396 e. The molecule has 86 valence electrons. The fourth-order valence-corrected chi connectivity index (χ4v) is 2.02. The van der Waals surface area contributed by atoms with Crippen molar-refractivity contribution in [1.82, 2.24) is 0 Å². The molecule has 2 rings (SSSR count). The third-order valence-electron chi connectivity index (χ3n) is 2.96. The zero-order valence-corrected chi connectivity index (χ0v) is 9.09. The molecule has 1 aliphatic rings. The Morgan fingerprint density at radius 3 is 2.81 bits per heavy atom. The zero-order chi connectivity index (χ0) is 11.7. The summed E-state index contributed by atoms with van der Waals surface area (Å²) in [5.41, 5.74) is 1.52.